The van der Waals surface area contributed by atoms with E-state index in [2.05, 4.69) is 10.3 Å². The summed E-state index contributed by atoms with van der Waals surface area (Å²) in [7, 11) is -0.563. The fourth-order valence-electron chi connectivity index (χ4n) is 4.74. The van der Waals surface area contributed by atoms with Gasteiger partial charge in [0.15, 0.2) is 0 Å². The topological polar surface area (TPSA) is 99.2 Å². The van der Waals surface area contributed by atoms with Gasteiger partial charge < -0.3 is 10.2 Å². The van der Waals surface area contributed by atoms with Crippen LogP contribution >= 0.6 is 11.3 Å². The van der Waals surface area contributed by atoms with Crippen LogP contribution in [0.15, 0.2) is 69.9 Å². The van der Waals surface area contributed by atoms with Gasteiger partial charge >= 0.3 is 6.18 Å². The van der Waals surface area contributed by atoms with Crippen LogP contribution in [-0.2, 0) is 21.0 Å². The van der Waals surface area contributed by atoms with Crippen molar-refractivity contribution in [3.8, 4) is 10.4 Å². The van der Waals surface area contributed by atoms with Gasteiger partial charge in [0.25, 0.3) is 21.8 Å². The molecular weight excluding hydrogens is 565 g/mol. The molecule has 0 saturated carbocycles. The second kappa shape index (κ2) is 10.1. The van der Waals surface area contributed by atoms with Crippen LogP contribution in [0.5, 0.6) is 0 Å². The van der Waals surface area contributed by atoms with E-state index in [-0.39, 0.29) is 47.4 Å². The van der Waals surface area contributed by atoms with Gasteiger partial charge in [-0.05, 0) is 54.8 Å². The summed E-state index contributed by atoms with van der Waals surface area (Å²) in [5.41, 5.74) is -0.750. The number of halogens is 3. The molecule has 5 rings (SSSR count). The molecule has 13 heteroatoms. The Bertz CT molecular complexity index is 1620. The normalized spacial score (nSPS) is 17.5. The summed E-state index contributed by atoms with van der Waals surface area (Å²) in [5.74, 6) is -0.573. The van der Waals surface area contributed by atoms with Crippen molar-refractivity contribution in [1.29, 1.82) is 0 Å². The van der Waals surface area contributed by atoms with Crippen molar-refractivity contribution in [3.05, 3.63) is 77.4 Å². The van der Waals surface area contributed by atoms with Gasteiger partial charge in [-0.2, -0.15) is 17.5 Å². The van der Waals surface area contributed by atoms with Gasteiger partial charge in [0, 0.05) is 43.2 Å². The average Bonchev–Trinajstić information content (AvgIpc) is 3.54. The van der Waals surface area contributed by atoms with E-state index < -0.39 is 33.2 Å². The Morgan fingerprint density at radius 1 is 1.02 bits per heavy atom. The minimum absolute atomic E-state index is 0.0230. The number of amidine groups is 1. The molecule has 3 aromatic rings. The van der Waals surface area contributed by atoms with Gasteiger partial charge in [-0.25, -0.2) is 8.42 Å². The first-order valence-corrected chi connectivity index (χ1v) is 14.6. The van der Waals surface area contributed by atoms with Gasteiger partial charge in [0.05, 0.1) is 5.56 Å². The Morgan fingerprint density at radius 3 is 2.38 bits per heavy atom. The fourth-order valence-corrected chi connectivity index (χ4v) is 7.63. The quantitative estimate of drug-likeness (QED) is 0.481. The molecule has 40 heavy (non-hydrogen) atoms. The zero-order chi connectivity index (χ0) is 28.9. The van der Waals surface area contributed by atoms with E-state index in [4.69, 9.17) is 0 Å². The highest BCUT2D eigenvalue weighted by Crippen LogP contribution is 2.37. The van der Waals surface area contributed by atoms with Crippen molar-refractivity contribution >= 4 is 39.0 Å². The molecule has 1 spiro atoms. The smallest absolute Gasteiger partial charge is 0.345 e. The molecule has 210 valence electrons. The molecule has 8 nitrogen and oxygen atoms in total. The van der Waals surface area contributed by atoms with E-state index in [0.717, 1.165) is 29.0 Å². The number of piperidine rings is 1. The molecule has 0 bridgehead atoms. The number of carbonyl (C=O) groups excluding carboxylic acids is 2. The summed E-state index contributed by atoms with van der Waals surface area (Å²) in [6.45, 7) is 0.0460. The van der Waals surface area contributed by atoms with Crippen molar-refractivity contribution in [2.45, 2.75) is 28.8 Å². The molecule has 0 unspecified atom stereocenters. The lowest BCUT2D eigenvalue weighted by Crippen LogP contribution is -2.50. The molecule has 1 aromatic heterocycles. The van der Waals surface area contributed by atoms with Crippen LogP contribution in [0.4, 0.5) is 13.2 Å². The molecule has 0 atom stereocenters. The number of rotatable bonds is 5. The average molecular weight is 591 g/mol. The van der Waals surface area contributed by atoms with E-state index >= 15 is 0 Å². The van der Waals surface area contributed by atoms with Crippen LogP contribution in [0.2, 0.25) is 0 Å². The monoisotopic (exact) mass is 590 g/mol. The number of nitrogens with zero attached hydrogens (tertiary/aromatic N) is 3. The number of sulfonamides is 1. The van der Waals surface area contributed by atoms with Crippen molar-refractivity contribution in [2.75, 3.05) is 27.2 Å². The van der Waals surface area contributed by atoms with Gasteiger partial charge in [-0.1, -0.05) is 24.3 Å². The Kier molecular flexibility index (Phi) is 7.09. The number of alkyl halides is 3. The Morgan fingerprint density at radius 2 is 1.70 bits per heavy atom. The first kappa shape index (κ1) is 28.0. The number of amides is 2. The van der Waals surface area contributed by atoms with Crippen LogP contribution in [-0.4, -0.2) is 68.0 Å². The maximum absolute atomic E-state index is 13.4. The van der Waals surface area contributed by atoms with Gasteiger partial charge in [0.2, 0.25) is 0 Å². The van der Waals surface area contributed by atoms with Crippen LogP contribution in [0.3, 0.4) is 0 Å². The number of thiophene rings is 1. The number of carbonyl (C=O) groups is 2. The highest BCUT2D eigenvalue weighted by Gasteiger charge is 2.48. The third-order valence-electron chi connectivity index (χ3n) is 6.97. The van der Waals surface area contributed by atoms with Crippen LogP contribution in [0.1, 0.15) is 34.3 Å². The standard InChI is InChI=1S/C27H25F3N4O4S2/c1-33(2)24(35)19-7-3-5-17(15-19)21-9-10-22(39-21)40(37,38)34-13-11-26(12-14-34)25(36)31-23(32-26)18-6-4-8-20(16-18)27(28,29)30/h3-10,15-16H,11-14H2,1-2H3,(H,31,32,36). The van der Waals surface area contributed by atoms with E-state index in [9.17, 15) is 31.2 Å². The Labute approximate surface area is 233 Å². The number of benzene rings is 2. The predicted molar refractivity (Wildman–Crippen MR) is 145 cm³/mol. The zero-order valence-corrected chi connectivity index (χ0v) is 23.2. The number of hydrogen-bond donors (Lipinski definition) is 1. The third kappa shape index (κ3) is 5.16. The molecule has 0 radical (unpaired) electrons. The maximum atomic E-state index is 13.4. The second-order valence-electron chi connectivity index (χ2n) is 9.83. The van der Waals surface area contributed by atoms with Gasteiger partial charge in [-0.15, -0.1) is 11.3 Å². The highest BCUT2D eigenvalue weighted by atomic mass is 32.2. The third-order valence-corrected chi connectivity index (χ3v) is 10.5. The molecule has 3 heterocycles. The molecule has 2 amide bonds. The number of nitrogens with one attached hydrogen (secondary N) is 1. The SMILES string of the molecule is CN(C)C(=O)c1cccc(-c2ccc(S(=O)(=O)N3CCC4(CC3)N=C(c3cccc(C(F)(F)F)c3)NC4=O)s2)c1. The molecular formula is C27H25F3N4O4S2. The molecule has 1 N–H and O–H groups in total. The molecule has 1 saturated heterocycles. The first-order valence-electron chi connectivity index (χ1n) is 12.3. The molecule has 0 aliphatic carbocycles. The van der Waals surface area contributed by atoms with Gasteiger partial charge in [0.1, 0.15) is 15.6 Å². The van der Waals surface area contributed by atoms with E-state index in [0.29, 0.717) is 10.4 Å². The number of aliphatic imine (C=N–C) groups is 1. The van der Waals surface area contributed by atoms with E-state index in [1.807, 2.05) is 0 Å². The Hall–Kier alpha value is -3.55. The molecule has 2 aliphatic rings. The highest BCUT2D eigenvalue weighted by molar-refractivity contribution is 7.91. The fraction of sp³-hybridized carbons (Fsp3) is 0.296. The van der Waals surface area contributed by atoms with Crippen molar-refractivity contribution in [1.82, 2.24) is 14.5 Å². The first-order chi connectivity index (χ1) is 18.8. The predicted octanol–water partition coefficient (Wildman–Crippen LogP) is 4.24. The van der Waals surface area contributed by atoms with Crippen LogP contribution in [0, 0.1) is 0 Å². The summed E-state index contributed by atoms with van der Waals surface area (Å²) < 4.78 is 67.7. The lowest BCUT2D eigenvalue weighted by molar-refractivity contribution is -0.137. The summed E-state index contributed by atoms with van der Waals surface area (Å²) >= 11 is 1.09. The lowest BCUT2D eigenvalue weighted by atomic mass is 9.89. The number of hydrogen-bond acceptors (Lipinski definition) is 6. The minimum atomic E-state index is -4.54. The summed E-state index contributed by atoms with van der Waals surface area (Å²) in [6, 6.07) is 14.7. The van der Waals surface area contributed by atoms with Crippen LogP contribution < -0.4 is 5.32 Å². The zero-order valence-electron chi connectivity index (χ0n) is 21.5. The largest absolute Gasteiger partial charge is 0.416 e. The Balaban J connectivity index is 1.32. The van der Waals surface area contributed by atoms with Crippen molar-refractivity contribution in [2.24, 2.45) is 4.99 Å². The minimum Gasteiger partial charge on any atom is -0.345 e. The summed E-state index contributed by atoms with van der Waals surface area (Å²) in [4.78, 5) is 31.8. The van der Waals surface area contributed by atoms with Crippen molar-refractivity contribution in [3.63, 3.8) is 0 Å². The summed E-state index contributed by atoms with van der Waals surface area (Å²) in [5, 5.41) is 2.59. The summed E-state index contributed by atoms with van der Waals surface area (Å²) in [6.07, 6.45) is -4.36. The molecule has 2 aliphatic heterocycles. The second-order valence-corrected chi connectivity index (χ2v) is 13.1. The molecule has 2 aromatic carbocycles. The maximum Gasteiger partial charge on any atom is 0.416 e. The lowest BCUT2D eigenvalue weighted by Gasteiger charge is -2.34. The van der Waals surface area contributed by atoms with E-state index in [1.165, 1.54) is 27.4 Å². The van der Waals surface area contributed by atoms with Crippen molar-refractivity contribution < 1.29 is 31.2 Å². The molecule has 1 fully saturated rings. The van der Waals surface area contributed by atoms with Crippen LogP contribution in [0.25, 0.3) is 10.4 Å². The van der Waals surface area contributed by atoms with E-state index in [1.54, 1.807) is 44.4 Å². The van der Waals surface area contributed by atoms with Gasteiger partial charge in [-0.3, -0.25) is 14.6 Å².